The molecule has 0 radical (unpaired) electrons. The maximum absolute atomic E-state index is 11.4. The van der Waals surface area contributed by atoms with Gasteiger partial charge in [0, 0.05) is 11.1 Å². The van der Waals surface area contributed by atoms with Crippen molar-refractivity contribution < 1.29 is 34.8 Å². The number of hydrogen-bond donors (Lipinski definition) is 4. The molecule has 7 nitrogen and oxygen atoms in total. The van der Waals surface area contributed by atoms with E-state index in [2.05, 4.69) is 0 Å². The highest BCUT2D eigenvalue weighted by molar-refractivity contribution is 6.16. The lowest BCUT2D eigenvalue weighted by Crippen LogP contribution is -2.11. The van der Waals surface area contributed by atoms with E-state index in [9.17, 15) is 14.4 Å². The molecule has 7 heteroatoms. The van der Waals surface area contributed by atoms with Crippen LogP contribution in [0, 0.1) is 0 Å². The summed E-state index contributed by atoms with van der Waals surface area (Å²) in [7, 11) is 0. The molecule has 0 atom stereocenters. The first kappa shape index (κ1) is 11.8. The largest absolute Gasteiger partial charge is 0.502 e. The third-order valence-electron chi connectivity index (χ3n) is 2.15. The number of carboxylic acids is 2. The Morgan fingerprint density at radius 3 is 1.38 bits per heavy atom. The smallest absolute Gasteiger partial charge is 0.371 e. The lowest BCUT2D eigenvalue weighted by atomic mass is 10.1. The Morgan fingerprint density at radius 1 is 0.812 bits per heavy atom. The van der Waals surface area contributed by atoms with Gasteiger partial charge in [0.2, 0.25) is 11.5 Å². The summed E-state index contributed by atoms with van der Waals surface area (Å²) in [6, 6.07) is 0. The van der Waals surface area contributed by atoms with Crippen LogP contribution in [0.25, 0.3) is 0 Å². The third kappa shape index (κ3) is 1.88. The Hall–Kier alpha value is -2.31. The van der Waals surface area contributed by atoms with Crippen LogP contribution in [0.1, 0.15) is 12.8 Å². The summed E-state index contributed by atoms with van der Waals surface area (Å²) in [5.74, 6) is -6.50. The first-order valence-corrected chi connectivity index (χ1v) is 4.21. The average molecular weight is 228 g/mol. The summed E-state index contributed by atoms with van der Waals surface area (Å²) in [5, 5.41) is 35.0. The van der Waals surface area contributed by atoms with Crippen LogP contribution in [0.15, 0.2) is 22.7 Å². The molecule has 0 heterocycles. The van der Waals surface area contributed by atoms with E-state index in [4.69, 9.17) is 20.4 Å². The van der Waals surface area contributed by atoms with E-state index in [1.54, 1.807) is 0 Å². The molecule has 0 aliphatic heterocycles. The first-order valence-electron chi connectivity index (χ1n) is 4.21. The number of carbonyl (C=O) groups is 3. The van der Waals surface area contributed by atoms with Crippen molar-refractivity contribution in [3.05, 3.63) is 22.7 Å². The predicted octanol–water partition coefficient (Wildman–Crippen LogP) is 0.143. The van der Waals surface area contributed by atoms with Gasteiger partial charge in [0.25, 0.3) is 0 Å². The van der Waals surface area contributed by atoms with Crippen LogP contribution in [0.2, 0.25) is 0 Å². The zero-order valence-electron chi connectivity index (χ0n) is 7.93. The molecule has 0 aromatic rings. The molecule has 1 aliphatic carbocycles. The summed E-state index contributed by atoms with van der Waals surface area (Å²) in [6.07, 6.45) is -0.215. The first-order chi connectivity index (χ1) is 7.36. The molecular weight excluding hydrogens is 220 g/mol. The van der Waals surface area contributed by atoms with Crippen molar-refractivity contribution in [2.24, 2.45) is 0 Å². The van der Waals surface area contributed by atoms with Crippen LogP contribution in [-0.4, -0.2) is 38.1 Å². The van der Waals surface area contributed by atoms with Gasteiger partial charge >= 0.3 is 11.9 Å². The van der Waals surface area contributed by atoms with Crippen molar-refractivity contribution in [1.29, 1.82) is 0 Å². The second-order valence-electron chi connectivity index (χ2n) is 3.09. The quantitative estimate of drug-likeness (QED) is 0.390. The molecule has 0 aromatic carbocycles. The van der Waals surface area contributed by atoms with Gasteiger partial charge in [-0.1, -0.05) is 0 Å². The van der Waals surface area contributed by atoms with E-state index in [1.807, 2.05) is 0 Å². The van der Waals surface area contributed by atoms with Gasteiger partial charge in [-0.25, -0.2) is 9.59 Å². The maximum Gasteiger partial charge on any atom is 0.371 e. The van der Waals surface area contributed by atoms with E-state index in [-0.39, 0.29) is 12.8 Å². The van der Waals surface area contributed by atoms with Crippen LogP contribution in [0.5, 0.6) is 0 Å². The van der Waals surface area contributed by atoms with Crippen LogP contribution < -0.4 is 0 Å². The lowest BCUT2D eigenvalue weighted by molar-refractivity contribution is -0.136. The van der Waals surface area contributed by atoms with Crippen LogP contribution >= 0.6 is 0 Å². The van der Waals surface area contributed by atoms with Crippen molar-refractivity contribution >= 4 is 17.7 Å². The van der Waals surface area contributed by atoms with Gasteiger partial charge in [-0.2, -0.15) is 0 Å². The molecule has 0 bridgehead atoms. The summed E-state index contributed by atoms with van der Waals surface area (Å²) in [5.41, 5.74) is -0.786. The number of ketones is 1. The fourth-order valence-electron chi connectivity index (χ4n) is 1.37. The number of aliphatic carboxylic acids is 2. The monoisotopic (exact) mass is 228 g/mol. The molecule has 0 amide bonds. The number of carbonyl (C=O) groups excluding carboxylic acids is 1. The minimum absolute atomic E-state index is 0.108. The van der Waals surface area contributed by atoms with Crippen molar-refractivity contribution in [2.45, 2.75) is 12.8 Å². The highest BCUT2D eigenvalue weighted by Gasteiger charge is 2.33. The van der Waals surface area contributed by atoms with E-state index in [0.717, 1.165) is 0 Å². The molecule has 0 saturated heterocycles. The fraction of sp³-hybridized carbons (Fsp3) is 0.222. The molecule has 1 fully saturated rings. The second-order valence-corrected chi connectivity index (χ2v) is 3.09. The Morgan fingerprint density at radius 2 is 1.12 bits per heavy atom. The van der Waals surface area contributed by atoms with Crippen LogP contribution in [0.3, 0.4) is 0 Å². The molecule has 4 N–H and O–H groups in total. The molecular formula is C9H8O7. The predicted molar refractivity (Wildman–Crippen MR) is 48.8 cm³/mol. The highest BCUT2D eigenvalue weighted by Crippen LogP contribution is 2.29. The van der Waals surface area contributed by atoms with Gasteiger partial charge in [0.05, 0.1) is 0 Å². The van der Waals surface area contributed by atoms with Gasteiger partial charge in [0.1, 0.15) is 0 Å². The highest BCUT2D eigenvalue weighted by atomic mass is 16.4. The van der Waals surface area contributed by atoms with Gasteiger partial charge in [0.15, 0.2) is 5.78 Å². The number of Topliss-reactive ketones (excluding diaryl/α,β-unsaturated/α-hetero) is 1. The zero-order chi connectivity index (χ0) is 12.5. The number of hydrogen-bond acceptors (Lipinski definition) is 5. The molecule has 1 aliphatic rings. The standard InChI is InChI=1S/C9H8O7/c10-5-3(6(11)8(13)14)1-2-4(5)7(12)9(15)16/h11-12H,1-2H2,(H,13,14)(H,15,16). The van der Waals surface area contributed by atoms with Crippen molar-refractivity contribution in [1.82, 2.24) is 0 Å². The number of allylic oxidation sites excluding steroid dienone is 2. The second kappa shape index (κ2) is 4.05. The minimum Gasteiger partial charge on any atom is -0.502 e. The van der Waals surface area contributed by atoms with Crippen molar-refractivity contribution in [2.75, 3.05) is 0 Å². The third-order valence-corrected chi connectivity index (χ3v) is 2.15. The lowest BCUT2D eigenvalue weighted by Gasteiger charge is -1.98. The molecule has 86 valence electrons. The Labute approximate surface area is 88.9 Å². The van der Waals surface area contributed by atoms with Gasteiger partial charge in [-0.15, -0.1) is 0 Å². The molecule has 0 spiro atoms. The number of carboxylic acid groups (broad SMARTS) is 2. The van der Waals surface area contributed by atoms with Gasteiger partial charge in [-0.05, 0) is 12.8 Å². The van der Waals surface area contributed by atoms with Crippen LogP contribution in [-0.2, 0) is 14.4 Å². The van der Waals surface area contributed by atoms with E-state index in [0.29, 0.717) is 0 Å². The Bertz CT molecular complexity index is 401. The summed E-state index contributed by atoms with van der Waals surface area (Å²) in [6.45, 7) is 0. The molecule has 16 heavy (non-hydrogen) atoms. The topological polar surface area (TPSA) is 132 Å². The molecule has 1 saturated carbocycles. The van der Waals surface area contributed by atoms with Gasteiger partial charge in [-0.3, -0.25) is 4.79 Å². The number of rotatable bonds is 2. The summed E-state index contributed by atoms with van der Waals surface area (Å²) < 4.78 is 0. The number of aliphatic hydroxyl groups excluding tert-OH is 2. The Balaban J connectivity index is 3.19. The Kier molecular flexibility index (Phi) is 2.98. The molecule has 0 aromatic heterocycles. The normalized spacial score (nSPS) is 21.9. The number of aliphatic hydroxyl groups is 2. The van der Waals surface area contributed by atoms with Gasteiger partial charge < -0.3 is 20.4 Å². The van der Waals surface area contributed by atoms with E-state index >= 15 is 0 Å². The van der Waals surface area contributed by atoms with E-state index < -0.39 is 40.4 Å². The zero-order valence-corrected chi connectivity index (χ0v) is 7.93. The average Bonchev–Trinajstić information content (AvgIpc) is 2.57. The van der Waals surface area contributed by atoms with Crippen molar-refractivity contribution in [3.8, 4) is 0 Å². The SMILES string of the molecule is O=C(O)C(O)=C1CCC(=C(O)C(=O)O)C1=O. The molecule has 1 rings (SSSR count). The summed E-state index contributed by atoms with van der Waals surface area (Å²) in [4.78, 5) is 32.2. The van der Waals surface area contributed by atoms with Crippen molar-refractivity contribution in [3.63, 3.8) is 0 Å². The van der Waals surface area contributed by atoms with Crippen LogP contribution in [0.4, 0.5) is 0 Å². The maximum atomic E-state index is 11.4. The minimum atomic E-state index is -1.67. The summed E-state index contributed by atoms with van der Waals surface area (Å²) >= 11 is 0. The molecule has 0 unspecified atom stereocenters. The van der Waals surface area contributed by atoms with E-state index in [1.165, 1.54) is 0 Å². The fourth-order valence-corrected chi connectivity index (χ4v) is 1.37.